The largest absolute Gasteiger partial charge is 0.299 e. The van der Waals surface area contributed by atoms with Crippen LogP contribution in [0.4, 0.5) is 0 Å². The van der Waals surface area contributed by atoms with Crippen molar-refractivity contribution >= 4 is 5.78 Å². The van der Waals surface area contributed by atoms with E-state index in [-0.39, 0.29) is 5.92 Å². The SMILES string of the molecule is C=C(CC)CC(=O)C(CC)c1ccccc1. The summed E-state index contributed by atoms with van der Waals surface area (Å²) in [6, 6.07) is 10.0. The predicted molar refractivity (Wildman–Crippen MR) is 68.5 cm³/mol. The van der Waals surface area contributed by atoms with Crippen LogP contribution < -0.4 is 0 Å². The van der Waals surface area contributed by atoms with Gasteiger partial charge in [0.1, 0.15) is 5.78 Å². The minimum Gasteiger partial charge on any atom is -0.299 e. The first-order chi connectivity index (χ1) is 7.69. The lowest BCUT2D eigenvalue weighted by molar-refractivity contribution is -0.119. The molecule has 1 heteroatoms. The third-order valence-corrected chi connectivity index (χ3v) is 2.92. The minimum atomic E-state index is 0.0319. The molecule has 0 saturated carbocycles. The van der Waals surface area contributed by atoms with Gasteiger partial charge in [0.2, 0.25) is 0 Å². The highest BCUT2D eigenvalue weighted by molar-refractivity contribution is 5.87. The summed E-state index contributed by atoms with van der Waals surface area (Å²) in [5.74, 6) is 0.324. The Morgan fingerprint density at radius 2 is 1.88 bits per heavy atom. The molecule has 0 aromatic heterocycles. The van der Waals surface area contributed by atoms with Crippen LogP contribution in [-0.4, -0.2) is 5.78 Å². The summed E-state index contributed by atoms with van der Waals surface area (Å²) in [4.78, 5) is 12.1. The topological polar surface area (TPSA) is 17.1 Å². The van der Waals surface area contributed by atoms with E-state index in [1.54, 1.807) is 0 Å². The van der Waals surface area contributed by atoms with Crippen LogP contribution in [0.3, 0.4) is 0 Å². The molecule has 16 heavy (non-hydrogen) atoms. The van der Waals surface area contributed by atoms with E-state index in [1.165, 1.54) is 0 Å². The van der Waals surface area contributed by atoms with Crippen LogP contribution >= 0.6 is 0 Å². The first-order valence-electron chi connectivity index (χ1n) is 5.93. The fraction of sp³-hybridized carbons (Fsp3) is 0.400. The molecule has 1 unspecified atom stereocenters. The molecule has 1 aromatic carbocycles. The molecule has 0 N–H and O–H groups in total. The molecule has 1 rings (SSSR count). The fourth-order valence-electron chi connectivity index (χ4n) is 1.83. The molecule has 1 atom stereocenters. The summed E-state index contributed by atoms with van der Waals surface area (Å²) < 4.78 is 0. The van der Waals surface area contributed by atoms with E-state index in [2.05, 4.69) is 13.5 Å². The molecule has 0 amide bonds. The third kappa shape index (κ3) is 3.34. The Hall–Kier alpha value is -1.37. The molecule has 0 radical (unpaired) electrons. The first-order valence-corrected chi connectivity index (χ1v) is 5.93. The molecule has 1 aromatic rings. The van der Waals surface area contributed by atoms with Crippen LogP contribution in [0.1, 0.15) is 44.6 Å². The molecular weight excluding hydrogens is 196 g/mol. The van der Waals surface area contributed by atoms with Gasteiger partial charge in [-0.3, -0.25) is 4.79 Å². The number of hydrogen-bond donors (Lipinski definition) is 0. The highest BCUT2D eigenvalue weighted by Crippen LogP contribution is 2.23. The number of rotatable bonds is 6. The lowest BCUT2D eigenvalue weighted by Gasteiger charge is -2.14. The van der Waals surface area contributed by atoms with Gasteiger partial charge in [-0.2, -0.15) is 0 Å². The fourth-order valence-corrected chi connectivity index (χ4v) is 1.83. The van der Waals surface area contributed by atoms with Crippen molar-refractivity contribution in [2.75, 3.05) is 0 Å². The molecular formula is C15H20O. The third-order valence-electron chi connectivity index (χ3n) is 2.92. The van der Waals surface area contributed by atoms with Crippen LogP contribution in [0.5, 0.6) is 0 Å². The highest BCUT2D eigenvalue weighted by Gasteiger charge is 2.18. The zero-order chi connectivity index (χ0) is 12.0. The van der Waals surface area contributed by atoms with Crippen molar-refractivity contribution in [3.05, 3.63) is 48.0 Å². The van der Waals surface area contributed by atoms with E-state index in [9.17, 15) is 4.79 Å². The molecule has 0 spiro atoms. The second-order valence-electron chi connectivity index (χ2n) is 4.12. The van der Waals surface area contributed by atoms with Crippen molar-refractivity contribution in [3.63, 3.8) is 0 Å². The molecule has 0 aliphatic rings. The summed E-state index contributed by atoms with van der Waals surface area (Å²) in [6.45, 7) is 8.00. The van der Waals surface area contributed by atoms with Gasteiger partial charge in [-0.1, -0.05) is 56.3 Å². The molecule has 0 aliphatic carbocycles. The number of carbonyl (C=O) groups is 1. The number of ketones is 1. The van der Waals surface area contributed by atoms with Crippen molar-refractivity contribution in [2.24, 2.45) is 0 Å². The zero-order valence-corrected chi connectivity index (χ0v) is 10.2. The Kier molecular flexibility index (Phi) is 4.97. The van der Waals surface area contributed by atoms with Gasteiger partial charge in [-0.15, -0.1) is 0 Å². The van der Waals surface area contributed by atoms with Gasteiger partial charge in [-0.25, -0.2) is 0 Å². The van der Waals surface area contributed by atoms with Crippen LogP contribution in [0.15, 0.2) is 42.5 Å². The van der Waals surface area contributed by atoms with E-state index in [0.717, 1.165) is 24.0 Å². The van der Waals surface area contributed by atoms with Gasteiger partial charge in [0, 0.05) is 12.3 Å². The van der Waals surface area contributed by atoms with E-state index >= 15 is 0 Å². The number of carbonyl (C=O) groups excluding carboxylic acids is 1. The van der Waals surface area contributed by atoms with Gasteiger partial charge in [0.15, 0.2) is 0 Å². The zero-order valence-electron chi connectivity index (χ0n) is 10.2. The summed E-state index contributed by atoms with van der Waals surface area (Å²) in [5, 5.41) is 0. The molecule has 0 fully saturated rings. The number of benzene rings is 1. The van der Waals surface area contributed by atoms with Gasteiger partial charge in [-0.05, 0) is 18.4 Å². The molecule has 1 nitrogen and oxygen atoms in total. The Balaban J connectivity index is 2.75. The van der Waals surface area contributed by atoms with Gasteiger partial charge < -0.3 is 0 Å². The minimum absolute atomic E-state index is 0.0319. The van der Waals surface area contributed by atoms with Crippen LogP contribution in [0.2, 0.25) is 0 Å². The summed E-state index contributed by atoms with van der Waals surface area (Å²) in [6.07, 6.45) is 2.26. The maximum absolute atomic E-state index is 12.1. The van der Waals surface area contributed by atoms with E-state index in [0.29, 0.717) is 12.2 Å². The van der Waals surface area contributed by atoms with Gasteiger partial charge in [0.25, 0.3) is 0 Å². The highest BCUT2D eigenvalue weighted by atomic mass is 16.1. The van der Waals surface area contributed by atoms with Crippen molar-refractivity contribution < 1.29 is 4.79 Å². The number of allylic oxidation sites excluding steroid dienone is 1. The number of Topliss-reactive ketones (excluding diaryl/α,β-unsaturated/α-hetero) is 1. The molecule has 0 heterocycles. The van der Waals surface area contributed by atoms with Crippen molar-refractivity contribution in [2.45, 2.75) is 39.0 Å². The summed E-state index contributed by atoms with van der Waals surface area (Å²) in [7, 11) is 0. The lowest BCUT2D eigenvalue weighted by Crippen LogP contribution is -2.12. The molecule has 86 valence electrons. The average Bonchev–Trinajstić information content (AvgIpc) is 2.31. The summed E-state index contributed by atoms with van der Waals surface area (Å²) >= 11 is 0. The molecule has 0 saturated heterocycles. The van der Waals surface area contributed by atoms with E-state index in [4.69, 9.17) is 0 Å². The Morgan fingerprint density at radius 1 is 1.25 bits per heavy atom. The molecule has 0 aliphatic heterocycles. The smallest absolute Gasteiger partial charge is 0.144 e. The second kappa shape index (κ2) is 6.26. The van der Waals surface area contributed by atoms with E-state index < -0.39 is 0 Å². The maximum Gasteiger partial charge on any atom is 0.144 e. The first kappa shape index (κ1) is 12.7. The Morgan fingerprint density at radius 3 is 2.38 bits per heavy atom. The average molecular weight is 216 g/mol. The Bertz CT molecular complexity index is 351. The lowest BCUT2D eigenvalue weighted by atomic mass is 9.89. The Labute approximate surface area is 98.2 Å². The monoisotopic (exact) mass is 216 g/mol. The molecule has 0 bridgehead atoms. The van der Waals surface area contributed by atoms with Crippen molar-refractivity contribution in [1.29, 1.82) is 0 Å². The van der Waals surface area contributed by atoms with Crippen LogP contribution in [0.25, 0.3) is 0 Å². The second-order valence-corrected chi connectivity index (χ2v) is 4.12. The van der Waals surface area contributed by atoms with Crippen molar-refractivity contribution in [3.8, 4) is 0 Å². The normalized spacial score (nSPS) is 12.1. The van der Waals surface area contributed by atoms with Crippen LogP contribution in [-0.2, 0) is 4.79 Å². The number of hydrogen-bond acceptors (Lipinski definition) is 1. The van der Waals surface area contributed by atoms with Crippen molar-refractivity contribution in [1.82, 2.24) is 0 Å². The quantitative estimate of drug-likeness (QED) is 0.654. The standard InChI is InChI=1S/C15H20O/c1-4-12(3)11-15(16)14(5-2)13-9-7-6-8-10-13/h6-10,14H,3-5,11H2,1-2H3. The van der Waals surface area contributed by atoms with Gasteiger partial charge >= 0.3 is 0 Å². The van der Waals surface area contributed by atoms with Gasteiger partial charge in [0.05, 0.1) is 0 Å². The van der Waals surface area contributed by atoms with Crippen LogP contribution in [0, 0.1) is 0 Å². The maximum atomic E-state index is 12.1. The van der Waals surface area contributed by atoms with E-state index in [1.807, 2.05) is 37.3 Å². The predicted octanol–water partition coefficient (Wildman–Crippen LogP) is 4.11. The summed E-state index contributed by atoms with van der Waals surface area (Å²) in [5.41, 5.74) is 2.15.